The van der Waals surface area contributed by atoms with Gasteiger partial charge in [0.15, 0.2) is 0 Å². The van der Waals surface area contributed by atoms with Crippen LogP contribution in [0.25, 0.3) is 0 Å². The molecule has 6 heteroatoms. The van der Waals surface area contributed by atoms with Gasteiger partial charge in [-0.1, -0.05) is 0 Å². The summed E-state index contributed by atoms with van der Waals surface area (Å²) in [6.45, 7) is 0.678. The van der Waals surface area contributed by atoms with Crippen molar-refractivity contribution in [3.63, 3.8) is 0 Å². The molecule has 1 aliphatic carbocycles. The molecule has 1 saturated carbocycles. The minimum atomic E-state index is -1.11. The van der Waals surface area contributed by atoms with Crippen LogP contribution in [-0.2, 0) is 4.79 Å². The van der Waals surface area contributed by atoms with Crippen LogP contribution in [0.2, 0.25) is 0 Å². The zero-order valence-electron chi connectivity index (χ0n) is 10.2. The summed E-state index contributed by atoms with van der Waals surface area (Å²) in [5.41, 5.74) is 0.0160. The van der Waals surface area contributed by atoms with Crippen LogP contribution in [0.4, 0.5) is 4.39 Å². The molecular formula is C13H14FNO3S. The number of carbonyl (C=O) groups is 2. The van der Waals surface area contributed by atoms with Crippen molar-refractivity contribution in [2.24, 2.45) is 5.92 Å². The van der Waals surface area contributed by atoms with Crippen LogP contribution in [0.15, 0.2) is 23.1 Å². The first-order valence-electron chi connectivity index (χ1n) is 5.98. The van der Waals surface area contributed by atoms with Crippen molar-refractivity contribution in [1.29, 1.82) is 0 Å². The van der Waals surface area contributed by atoms with E-state index in [9.17, 15) is 14.0 Å². The van der Waals surface area contributed by atoms with Crippen LogP contribution >= 0.6 is 11.8 Å². The Morgan fingerprint density at radius 3 is 2.79 bits per heavy atom. The Kier molecular flexibility index (Phi) is 4.42. The quantitative estimate of drug-likeness (QED) is 0.785. The average Bonchev–Trinajstić information content (AvgIpc) is 3.19. The van der Waals surface area contributed by atoms with E-state index in [1.807, 2.05) is 0 Å². The van der Waals surface area contributed by atoms with Gasteiger partial charge in [-0.25, -0.2) is 9.18 Å². The lowest BCUT2D eigenvalue weighted by Crippen LogP contribution is -2.27. The summed E-state index contributed by atoms with van der Waals surface area (Å²) in [6.07, 6.45) is 2.31. The SMILES string of the molecule is O=C(CSc1cc(C(=O)O)ccc1F)NCC1CC1. The zero-order chi connectivity index (χ0) is 13.8. The molecule has 0 unspecified atom stereocenters. The van der Waals surface area contributed by atoms with E-state index in [0.717, 1.165) is 30.7 Å². The topological polar surface area (TPSA) is 66.4 Å². The highest BCUT2D eigenvalue weighted by Crippen LogP contribution is 2.27. The number of carboxylic acid groups (broad SMARTS) is 1. The highest BCUT2D eigenvalue weighted by Gasteiger charge is 2.21. The van der Waals surface area contributed by atoms with Gasteiger partial charge >= 0.3 is 5.97 Å². The molecule has 1 amide bonds. The van der Waals surface area contributed by atoms with Gasteiger partial charge in [0.25, 0.3) is 0 Å². The summed E-state index contributed by atoms with van der Waals surface area (Å²) in [5, 5.41) is 11.6. The molecule has 0 heterocycles. The fourth-order valence-corrected chi connectivity index (χ4v) is 2.33. The van der Waals surface area contributed by atoms with Crippen molar-refractivity contribution in [3.05, 3.63) is 29.6 Å². The maximum atomic E-state index is 13.5. The molecule has 0 aromatic heterocycles. The van der Waals surface area contributed by atoms with Crippen molar-refractivity contribution in [3.8, 4) is 0 Å². The summed E-state index contributed by atoms with van der Waals surface area (Å²) in [7, 11) is 0. The minimum absolute atomic E-state index is 0.0160. The summed E-state index contributed by atoms with van der Waals surface area (Å²) < 4.78 is 13.5. The molecule has 102 valence electrons. The first-order valence-corrected chi connectivity index (χ1v) is 6.97. The number of halogens is 1. The summed E-state index contributed by atoms with van der Waals surface area (Å²) >= 11 is 1.01. The van der Waals surface area contributed by atoms with E-state index in [4.69, 9.17) is 5.11 Å². The second-order valence-corrected chi connectivity index (χ2v) is 5.50. The normalized spacial score (nSPS) is 14.2. The molecule has 2 rings (SSSR count). The first-order chi connectivity index (χ1) is 9.06. The van der Waals surface area contributed by atoms with Crippen LogP contribution in [-0.4, -0.2) is 29.3 Å². The number of hydrogen-bond donors (Lipinski definition) is 2. The molecular weight excluding hydrogens is 269 g/mol. The van der Waals surface area contributed by atoms with Crippen LogP contribution in [0, 0.1) is 11.7 Å². The van der Waals surface area contributed by atoms with Gasteiger partial charge in [-0.3, -0.25) is 4.79 Å². The Labute approximate surface area is 114 Å². The number of benzene rings is 1. The van der Waals surface area contributed by atoms with Gasteiger partial charge in [0.2, 0.25) is 5.91 Å². The summed E-state index contributed by atoms with van der Waals surface area (Å²) in [6, 6.07) is 3.55. The first kappa shape index (κ1) is 13.9. The predicted octanol–water partition coefficient (Wildman–Crippen LogP) is 2.14. The maximum absolute atomic E-state index is 13.5. The zero-order valence-corrected chi connectivity index (χ0v) is 11.0. The molecule has 1 aromatic carbocycles. The molecule has 1 fully saturated rings. The molecule has 1 aliphatic rings. The van der Waals surface area contributed by atoms with Crippen LogP contribution < -0.4 is 5.32 Å². The van der Waals surface area contributed by atoms with Crippen LogP contribution in [0.3, 0.4) is 0 Å². The second-order valence-electron chi connectivity index (χ2n) is 4.49. The van der Waals surface area contributed by atoms with Gasteiger partial charge < -0.3 is 10.4 Å². The summed E-state index contributed by atoms with van der Waals surface area (Å²) in [4.78, 5) is 22.5. The third-order valence-corrected chi connectivity index (χ3v) is 3.85. The average molecular weight is 283 g/mol. The van der Waals surface area contributed by atoms with Gasteiger partial charge in [-0.15, -0.1) is 11.8 Å². The van der Waals surface area contributed by atoms with Gasteiger partial charge in [-0.2, -0.15) is 0 Å². The molecule has 19 heavy (non-hydrogen) atoms. The lowest BCUT2D eigenvalue weighted by atomic mass is 10.2. The number of thioether (sulfide) groups is 1. The lowest BCUT2D eigenvalue weighted by molar-refractivity contribution is -0.118. The van der Waals surface area contributed by atoms with Gasteiger partial charge in [0.05, 0.1) is 11.3 Å². The van der Waals surface area contributed by atoms with E-state index in [2.05, 4.69) is 5.32 Å². The number of carboxylic acids is 1. The Morgan fingerprint density at radius 2 is 2.16 bits per heavy atom. The Bertz CT molecular complexity index is 503. The van der Waals surface area contributed by atoms with Gasteiger partial charge in [-0.05, 0) is 37.0 Å². The summed E-state index contributed by atoms with van der Waals surface area (Å²) in [5.74, 6) is -1.09. The fourth-order valence-electron chi connectivity index (χ4n) is 1.52. The van der Waals surface area contributed by atoms with Crippen molar-refractivity contribution in [2.75, 3.05) is 12.3 Å². The number of nitrogens with one attached hydrogen (secondary N) is 1. The largest absolute Gasteiger partial charge is 0.478 e. The molecule has 0 radical (unpaired) electrons. The van der Waals surface area contributed by atoms with Crippen molar-refractivity contribution >= 4 is 23.6 Å². The fraction of sp³-hybridized carbons (Fsp3) is 0.385. The monoisotopic (exact) mass is 283 g/mol. The van der Waals surface area contributed by atoms with E-state index < -0.39 is 11.8 Å². The lowest BCUT2D eigenvalue weighted by Gasteiger charge is -2.05. The second kappa shape index (κ2) is 6.06. The smallest absolute Gasteiger partial charge is 0.335 e. The van der Waals surface area contributed by atoms with Crippen molar-refractivity contribution in [2.45, 2.75) is 17.7 Å². The highest BCUT2D eigenvalue weighted by molar-refractivity contribution is 8.00. The third kappa shape index (κ3) is 4.24. The van der Waals surface area contributed by atoms with Crippen molar-refractivity contribution in [1.82, 2.24) is 5.32 Å². The van der Waals surface area contributed by atoms with E-state index in [-0.39, 0.29) is 22.1 Å². The van der Waals surface area contributed by atoms with Gasteiger partial charge in [0.1, 0.15) is 5.82 Å². The molecule has 0 spiro atoms. The predicted molar refractivity (Wildman–Crippen MR) is 69.8 cm³/mol. The van der Waals surface area contributed by atoms with E-state index in [0.29, 0.717) is 12.5 Å². The van der Waals surface area contributed by atoms with Crippen LogP contribution in [0.1, 0.15) is 23.2 Å². The van der Waals surface area contributed by atoms with Gasteiger partial charge in [0, 0.05) is 11.4 Å². The van der Waals surface area contributed by atoms with E-state index >= 15 is 0 Å². The minimum Gasteiger partial charge on any atom is -0.478 e. The molecule has 2 N–H and O–H groups in total. The number of carbonyl (C=O) groups excluding carboxylic acids is 1. The number of amides is 1. The third-order valence-electron chi connectivity index (χ3n) is 2.82. The number of aromatic carboxylic acids is 1. The Hall–Kier alpha value is -1.56. The number of rotatable bonds is 6. The molecule has 0 aliphatic heterocycles. The Balaban J connectivity index is 1.88. The molecule has 0 saturated heterocycles. The maximum Gasteiger partial charge on any atom is 0.335 e. The van der Waals surface area contributed by atoms with E-state index in [1.54, 1.807) is 0 Å². The molecule has 0 atom stereocenters. The molecule has 1 aromatic rings. The highest BCUT2D eigenvalue weighted by atomic mass is 32.2. The number of hydrogen-bond acceptors (Lipinski definition) is 3. The van der Waals surface area contributed by atoms with Crippen molar-refractivity contribution < 1.29 is 19.1 Å². The molecule has 4 nitrogen and oxygen atoms in total. The molecule has 0 bridgehead atoms. The Morgan fingerprint density at radius 1 is 1.42 bits per heavy atom. The van der Waals surface area contributed by atoms with Crippen LogP contribution in [0.5, 0.6) is 0 Å². The van der Waals surface area contributed by atoms with E-state index in [1.165, 1.54) is 12.1 Å². The standard InChI is InChI=1S/C13H14FNO3S/c14-10-4-3-9(13(17)18)5-11(10)19-7-12(16)15-6-8-1-2-8/h3-5,8H,1-2,6-7H2,(H,15,16)(H,17,18).